The van der Waals surface area contributed by atoms with E-state index in [1.54, 1.807) is 18.2 Å². The number of thioether (sulfide) groups is 1. The van der Waals surface area contributed by atoms with Gasteiger partial charge in [-0.3, -0.25) is 4.79 Å². The number of carbonyl (C=O) groups excluding carboxylic acids is 1. The van der Waals surface area contributed by atoms with Gasteiger partial charge in [0.15, 0.2) is 0 Å². The summed E-state index contributed by atoms with van der Waals surface area (Å²) in [6.45, 7) is 2.50. The number of benzene rings is 1. The molecule has 5 nitrogen and oxygen atoms in total. The Morgan fingerprint density at radius 1 is 1.61 bits per heavy atom. The highest BCUT2D eigenvalue weighted by Crippen LogP contribution is 2.29. The van der Waals surface area contributed by atoms with E-state index in [1.165, 1.54) is 11.8 Å². The molecule has 0 spiro atoms. The molecule has 1 aromatic rings. The molecule has 0 saturated heterocycles. The average molecular weight is 265 g/mol. The van der Waals surface area contributed by atoms with E-state index in [0.717, 1.165) is 10.6 Å². The monoisotopic (exact) mass is 265 g/mol. The maximum absolute atomic E-state index is 11.3. The Kier molecular flexibility index (Phi) is 5.88. The van der Waals surface area contributed by atoms with Gasteiger partial charge in [0.25, 0.3) is 0 Å². The summed E-state index contributed by atoms with van der Waals surface area (Å²) in [6, 6.07) is 7.20. The number of rotatable bonds is 6. The molecule has 0 radical (unpaired) electrons. The molecule has 1 rings (SSSR count). The summed E-state index contributed by atoms with van der Waals surface area (Å²) < 4.78 is 5.36. The van der Waals surface area contributed by atoms with Crippen molar-refractivity contribution >= 4 is 23.4 Å². The van der Waals surface area contributed by atoms with E-state index in [1.807, 2.05) is 13.0 Å². The van der Waals surface area contributed by atoms with Crippen LogP contribution in [0.2, 0.25) is 0 Å². The first kappa shape index (κ1) is 14.2. The molecule has 0 aliphatic rings. The quantitative estimate of drug-likeness (QED) is 0.461. The van der Waals surface area contributed by atoms with Crippen molar-refractivity contribution in [2.75, 3.05) is 24.6 Å². The smallest absolute Gasteiger partial charge is 0.231 e. The second-order valence-electron chi connectivity index (χ2n) is 3.36. The number of nitrogens with one attached hydrogen (secondary N) is 1. The van der Waals surface area contributed by atoms with Crippen LogP contribution in [0.1, 0.15) is 6.92 Å². The highest BCUT2D eigenvalue weighted by molar-refractivity contribution is 8.00. The number of anilines is 1. The molecular formula is C12H15N3O2S. The average Bonchev–Trinajstić information content (AvgIpc) is 2.37. The minimum absolute atomic E-state index is 0.0217. The second-order valence-corrected chi connectivity index (χ2v) is 4.37. The fourth-order valence-corrected chi connectivity index (χ4v) is 2.05. The maximum atomic E-state index is 11.3. The first-order chi connectivity index (χ1) is 8.67. The summed E-state index contributed by atoms with van der Waals surface area (Å²) >= 11 is 1.32. The molecule has 1 amide bonds. The largest absolute Gasteiger partial charge is 0.494 e. The Balaban J connectivity index is 2.58. The van der Waals surface area contributed by atoms with Crippen LogP contribution in [0.15, 0.2) is 23.1 Å². The van der Waals surface area contributed by atoms with Gasteiger partial charge in [-0.15, -0.1) is 11.8 Å². The first-order valence-electron chi connectivity index (χ1n) is 5.46. The van der Waals surface area contributed by atoms with Crippen LogP contribution in [-0.2, 0) is 4.79 Å². The Bertz CT molecular complexity index is 457. The number of hydrogen-bond acceptors (Lipinski definition) is 5. The van der Waals surface area contributed by atoms with Gasteiger partial charge < -0.3 is 15.8 Å². The van der Waals surface area contributed by atoms with Crippen LogP contribution in [0.25, 0.3) is 0 Å². The van der Waals surface area contributed by atoms with E-state index in [0.29, 0.717) is 12.3 Å². The summed E-state index contributed by atoms with van der Waals surface area (Å²) in [5.41, 5.74) is 6.42. The molecule has 0 fully saturated rings. The molecule has 3 N–H and O–H groups in total. The lowest BCUT2D eigenvalue weighted by Gasteiger charge is -2.08. The van der Waals surface area contributed by atoms with E-state index < -0.39 is 0 Å². The lowest BCUT2D eigenvalue weighted by atomic mass is 10.3. The van der Waals surface area contributed by atoms with Gasteiger partial charge in [0, 0.05) is 10.6 Å². The van der Waals surface area contributed by atoms with Crippen LogP contribution in [0.3, 0.4) is 0 Å². The molecule has 0 heterocycles. The van der Waals surface area contributed by atoms with Crippen LogP contribution >= 0.6 is 11.8 Å². The van der Waals surface area contributed by atoms with Gasteiger partial charge in [0.05, 0.1) is 18.4 Å². The number of hydrogen-bond donors (Lipinski definition) is 2. The molecule has 0 aliphatic heterocycles. The molecular weight excluding hydrogens is 250 g/mol. The van der Waals surface area contributed by atoms with Crippen molar-refractivity contribution < 1.29 is 9.53 Å². The number of ether oxygens (including phenoxy) is 1. The number of amides is 1. The number of nitriles is 1. The minimum atomic E-state index is -0.192. The van der Waals surface area contributed by atoms with Gasteiger partial charge >= 0.3 is 0 Å². The second kappa shape index (κ2) is 7.45. The minimum Gasteiger partial charge on any atom is -0.494 e. The summed E-state index contributed by atoms with van der Waals surface area (Å²) in [4.78, 5) is 12.1. The van der Waals surface area contributed by atoms with E-state index in [-0.39, 0.29) is 18.2 Å². The Morgan fingerprint density at radius 2 is 2.39 bits per heavy atom. The van der Waals surface area contributed by atoms with Crippen LogP contribution < -0.4 is 15.8 Å². The number of carbonyl (C=O) groups is 1. The van der Waals surface area contributed by atoms with Crippen molar-refractivity contribution in [2.24, 2.45) is 0 Å². The number of nitrogen functional groups attached to an aromatic ring is 1. The molecule has 1 aromatic carbocycles. The fraction of sp³-hybridized carbons (Fsp3) is 0.333. The van der Waals surface area contributed by atoms with Gasteiger partial charge in [-0.2, -0.15) is 5.26 Å². The predicted octanol–water partition coefficient (Wildman–Crippen LogP) is 1.40. The van der Waals surface area contributed by atoms with Crippen molar-refractivity contribution in [1.29, 1.82) is 5.26 Å². The van der Waals surface area contributed by atoms with Gasteiger partial charge in [-0.25, -0.2) is 0 Å². The lowest BCUT2D eigenvalue weighted by Crippen LogP contribution is -2.25. The zero-order valence-corrected chi connectivity index (χ0v) is 10.9. The Hall–Kier alpha value is -1.87. The predicted molar refractivity (Wildman–Crippen MR) is 71.4 cm³/mol. The third-order valence-corrected chi connectivity index (χ3v) is 3.09. The molecule has 6 heteroatoms. The molecule has 0 aromatic heterocycles. The van der Waals surface area contributed by atoms with Crippen LogP contribution in [0.4, 0.5) is 5.69 Å². The Morgan fingerprint density at radius 3 is 3.06 bits per heavy atom. The van der Waals surface area contributed by atoms with Gasteiger partial charge in [0.2, 0.25) is 5.91 Å². The van der Waals surface area contributed by atoms with Gasteiger partial charge in [-0.05, 0) is 25.1 Å². The molecule has 0 bridgehead atoms. The van der Waals surface area contributed by atoms with Crippen molar-refractivity contribution in [1.82, 2.24) is 5.32 Å². The SMILES string of the molecule is CCOc1ccc(N)c(SCC(=O)NCC#N)c1. The van der Waals surface area contributed by atoms with Crippen LogP contribution in [-0.4, -0.2) is 24.8 Å². The van der Waals surface area contributed by atoms with Crippen molar-refractivity contribution in [3.63, 3.8) is 0 Å². The fourth-order valence-electron chi connectivity index (χ4n) is 1.23. The number of nitrogens with zero attached hydrogens (tertiary/aromatic N) is 1. The summed E-state index contributed by atoms with van der Waals surface area (Å²) in [5, 5.41) is 10.8. The van der Waals surface area contributed by atoms with Crippen molar-refractivity contribution in [2.45, 2.75) is 11.8 Å². The Labute approximate surface area is 110 Å². The third kappa shape index (κ3) is 4.55. The molecule has 18 heavy (non-hydrogen) atoms. The van der Waals surface area contributed by atoms with Crippen LogP contribution in [0, 0.1) is 11.3 Å². The highest BCUT2D eigenvalue weighted by atomic mass is 32.2. The third-order valence-electron chi connectivity index (χ3n) is 2.02. The molecule has 0 aliphatic carbocycles. The lowest BCUT2D eigenvalue weighted by molar-refractivity contribution is -0.118. The van der Waals surface area contributed by atoms with Crippen molar-refractivity contribution in [3.05, 3.63) is 18.2 Å². The summed E-state index contributed by atoms with van der Waals surface area (Å²) in [7, 11) is 0. The maximum Gasteiger partial charge on any atom is 0.231 e. The molecule has 0 saturated carbocycles. The van der Waals surface area contributed by atoms with E-state index in [9.17, 15) is 4.79 Å². The number of nitrogens with two attached hydrogens (primary N) is 1. The zero-order chi connectivity index (χ0) is 13.4. The van der Waals surface area contributed by atoms with Crippen molar-refractivity contribution in [3.8, 4) is 11.8 Å². The van der Waals surface area contributed by atoms with E-state index in [4.69, 9.17) is 15.7 Å². The summed E-state index contributed by atoms with van der Waals surface area (Å²) in [5.74, 6) is 0.760. The normalized spacial score (nSPS) is 9.56. The standard InChI is InChI=1S/C12H15N3O2S/c1-2-17-9-3-4-10(14)11(7-9)18-8-12(16)15-6-5-13/h3-4,7H,2,6,8,14H2,1H3,(H,15,16). The van der Waals surface area contributed by atoms with E-state index in [2.05, 4.69) is 5.32 Å². The van der Waals surface area contributed by atoms with Crippen LogP contribution in [0.5, 0.6) is 5.75 Å². The highest BCUT2D eigenvalue weighted by Gasteiger charge is 2.06. The first-order valence-corrected chi connectivity index (χ1v) is 6.44. The topological polar surface area (TPSA) is 88.1 Å². The molecule has 0 atom stereocenters. The van der Waals surface area contributed by atoms with E-state index >= 15 is 0 Å². The van der Waals surface area contributed by atoms with Gasteiger partial charge in [-0.1, -0.05) is 0 Å². The molecule has 0 unspecified atom stereocenters. The summed E-state index contributed by atoms with van der Waals surface area (Å²) in [6.07, 6.45) is 0. The molecule has 96 valence electrons. The van der Waals surface area contributed by atoms with Gasteiger partial charge in [0.1, 0.15) is 12.3 Å². The zero-order valence-electron chi connectivity index (χ0n) is 10.1.